The fourth-order valence-corrected chi connectivity index (χ4v) is 3.48. The van der Waals surface area contributed by atoms with Gasteiger partial charge in [0, 0.05) is 22.8 Å². The molecule has 1 aromatic carbocycles. The van der Waals surface area contributed by atoms with Gasteiger partial charge in [0.15, 0.2) is 0 Å². The van der Waals surface area contributed by atoms with Crippen molar-refractivity contribution in [1.82, 2.24) is 4.90 Å². The molecule has 2 N–H and O–H groups in total. The minimum absolute atomic E-state index is 0.113. The van der Waals surface area contributed by atoms with Crippen LogP contribution in [0.4, 0.5) is 0 Å². The van der Waals surface area contributed by atoms with E-state index in [-0.39, 0.29) is 10.9 Å². The summed E-state index contributed by atoms with van der Waals surface area (Å²) in [7, 11) is -1.67. The van der Waals surface area contributed by atoms with Gasteiger partial charge in [-0.05, 0) is 37.7 Å². The van der Waals surface area contributed by atoms with Gasteiger partial charge in [-0.2, -0.15) is 5.26 Å². The maximum atomic E-state index is 11.3. The predicted octanol–water partition coefficient (Wildman–Crippen LogP) is 2.46. The molecule has 0 amide bonds. The molecule has 0 saturated carbocycles. The minimum atomic E-state index is -3.66. The minimum Gasteiger partial charge on any atom is -0.295 e. The lowest BCUT2D eigenvalue weighted by molar-refractivity contribution is 0.255. The molecule has 2 rings (SSSR count). The number of nitrogens with two attached hydrogens (primary N) is 1. The predicted molar refractivity (Wildman–Crippen MR) is 86.7 cm³/mol. The van der Waals surface area contributed by atoms with Gasteiger partial charge in [-0.3, -0.25) is 4.90 Å². The molecule has 0 aliphatic rings. The number of benzene rings is 1. The lowest BCUT2D eigenvalue weighted by atomic mass is 10.1. The van der Waals surface area contributed by atoms with Crippen molar-refractivity contribution in [3.05, 3.63) is 51.7 Å². The van der Waals surface area contributed by atoms with E-state index in [1.54, 1.807) is 23.5 Å². The van der Waals surface area contributed by atoms with Gasteiger partial charge < -0.3 is 0 Å². The smallest absolute Gasteiger partial charge is 0.238 e. The Morgan fingerprint density at radius 2 is 2.00 bits per heavy atom. The van der Waals surface area contributed by atoms with Crippen molar-refractivity contribution in [2.45, 2.75) is 24.4 Å². The first-order valence-corrected chi connectivity index (χ1v) is 9.04. The van der Waals surface area contributed by atoms with Crippen LogP contribution >= 0.6 is 11.3 Å². The largest absolute Gasteiger partial charge is 0.295 e. The third-order valence-electron chi connectivity index (χ3n) is 3.54. The maximum absolute atomic E-state index is 11.3. The van der Waals surface area contributed by atoms with Gasteiger partial charge in [0.25, 0.3) is 0 Å². The fourth-order valence-electron chi connectivity index (χ4n) is 2.10. The van der Waals surface area contributed by atoms with Gasteiger partial charge in [-0.1, -0.05) is 12.1 Å². The average Bonchev–Trinajstić information content (AvgIpc) is 2.93. The van der Waals surface area contributed by atoms with E-state index in [2.05, 4.69) is 11.0 Å². The van der Waals surface area contributed by atoms with E-state index in [0.29, 0.717) is 5.56 Å². The van der Waals surface area contributed by atoms with Crippen LogP contribution in [0, 0.1) is 11.3 Å². The first-order valence-electron chi connectivity index (χ1n) is 6.62. The van der Waals surface area contributed by atoms with Crippen molar-refractivity contribution in [3.63, 3.8) is 0 Å². The van der Waals surface area contributed by atoms with E-state index in [9.17, 15) is 8.42 Å². The highest BCUT2D eigenvalue weighted by molar-refractivity contribution is 7.89. The van der Waals surface area contributed by atoms with Crippen molar-refractivity contribution in [3.8, 4) is 6.07 Å². The number of thiophene rings is 1. The molecule has 0 fully saturated rings. The number of nitrogens with zero attached hydrogens (tertiary/aromatic N) is 2. The van der Waals surface area contributed by atoms with E-state index in [0.717, 1.165) is 17.0 Å². The molecule has 1 heterocycles. The highest BCUT2D eigenvalue weighted by Gasteiger charge is 2.14. The topological polar surface area (TPSA) is 87.2 Å². The number of primary sulfonamides is 1. The van der Waals surface area contributed by atoms with Gasteiger partial charge in [0.2, 0.25) is 10.0 Å². The van der Waals surface area contributed by atoms with Crippen LogP contribution in [0.3, 0.4) is 0 Å². The molecule has 0 saturated heterocycles. The third-order valence-corrected chi connectivity index (χ3v) is 5.39. The van der Waals surface area contributed by atoms with Crippen LogP contribution < -0.4 is 5.14 Å². The van der Waals surface area contributed by atoms with Crippen LogP contribution in [-0.4, -0.2) is 20.4 Å². The van der Waals surface area contributed by atoms with E-state index in [4.69, 9.17) is 10.4 Å². The molecule has 1 atom stereocenters. The second-order valence-electron chi connectivity index (χ2n) is 5.12. The van der Waals surface area contributed by atoms with Crippen molar-refractivity contribution >= 4 is 21.4 Å². The number of nitriles is 1. The summed E-state index contributed by atoms with van der Waals surface area (Å²) in [5, 5.41) is 15.8. The first-order chi connectivity index (χ1) is 10.3. The Balaban J connectivity index is 2.10. The van der Waals surface area contributed by atoms with Crippen LogP contribution in [0.15, 0.2) is 40.6 Å². The Morgan fingerprint density at radius 1 is 1.36 bits per heavy atom. The molecule has 1 aromatic heterocycles. The van der Waals surface area contributed by atoms with Gasteiger partial charge in [-0.15, -0.1) is 11.3 Å². The van der Waals surface area contributed by atoms with Crippen LogP contribution in [0.25, 0.3) is 0 Å². The Labute approximate surface area is 134 Å². The molecule has 116 valence electrons. The van der Waals surface area contributed by atoms with E-state index in [1.165, 1.54) is 12.1 Å². The van der Waals surface area contributed by atoms with Crippen molar-refractivity contribution in [2.24, 2.45) is 5.14 Å². The molecule has 0 spiro atoms. The van der Waals surface area contributed by atoms with Crippen LogP contribution in [0.2, 0.25) is 0 Å². The van der Waals surface area contributed by atoms with Gasteiger partial charge in [0.1, 0.15) is 6.07 Å². The van der Waals surface area contributed by atoms with E-state index >= 15 is 0 Å². The quantitative estimate of drug-likeness (QED) is 0.909. The maximum Gasteiger partial charge on any atom is 0.238 e. The normalized spacial score (nSPS) is 13.0. The second kappa shape index (κ2) is 6.58. The third kappa shape index (κ3) is 3.93. The Morgan fingerprint density at radius 3 is 2.50 bits per heavy atom. The molecule has 5 nitrogen and oxygen atoms in total. The fraction of sp³-hybridized carbons (Fsp3) is 0.267. The molecular formula is C15H17N3O2S2. The zero-order chi connectivity index (χ0) is 16.3. The Kier molecular flexibility index (Phi) is 4.98. The summed E-state index contributed by atoms with van der Waals surface area (Å²) in [5.41, 5.74) is 1.69. The first kappa shape index (κ1) is 16.6. The van der Waals surface area contributed by atoms with Crippen molar-refractivity contribution in [2.75, 3.05) is 7.05 Å². The molecule has 0 aliphatic carbocycles. The lowest BCUT2D eigenvalue weighted by Crippen LogP contribution is -2.21. The van der Waals surface area contributed by atoms with Gasteiger partial charge in [-0.25, -0.2) is 13.6 Å². The number of sulfonamides is 1. The number of rotatable bonds is 5. The molecular weight excluding hydrogens is 318 g/mol. The molecule has 0 bridgehead atoms. The molecule has 2 aromatic rings. The van der Waals surface area contributed by atoms with Crippen LogP contribution in [0.1, 0.15) is 29.0 Å². The molecule has 0 radical (unpaired) electrons. The highest BCUT2D eigenvalue weighted by atomic mass is 32.2. The molecule has 0 aliphatic heterocycles. The summed E-state index contributed by atoms with van der Waals surface area (Å²) in [6, 6.07) is 10.7. The van der Waals surface area contributed by atoms with Gasteiger partial charge >= 0.3 is 0 Å². The zero-order valence-corrected chi connectivity index (χ0v) is 14.0. The van der Waals surface area contributed by atoms with E-state index < -0.39 is 10.0 Å². The zero-order valence-electron chi connectivity index (χ0n) is 12.4. The van der Waals surface area contributed by atoms with Gasteiger partial charge in [0.05, 0.1) is 10.5 Å². The summed E-state index contributed by atoms with van der Waals surface area (Å²) in [6.45, 7) is 2.77. The SMILES string of the molecule is CC(c1ccc(S(N)(=O)=O)cc1)N(C)Cc1cc(C#N)cs1. The lowest BCUT2D eigenvalue weighted by Gasteiger charge is -2.24. The summed E-state index contributed by atoms with van der Waals surface area (Å²) >= 11 is 1.56. The highest BCUT2D eigenvalue weighted by Crippen LogP contribution is 2.24. The van der Waals surface area contributed by atoms with Crippen molar-refractivity contribution in [1.29, 1.82) is 5.26 Å². The summed E-state index contributed by atoms with van der Waals surface area (Å²) < 4.78 is 22.5. The molecule has 7 heteroatoms. The van der Waals surface area contributed by atoms with E-state index in [1.807, 2.05) is 25.4 Å². The summed E-state index contributed by atoms with van der Waals surface area (Å²) in [6.07, 6.45) is 0. The van der Waals surface area contributed by atoms with Crippen LogP contribution in [-0.2, 0) is 16.6 Å². The summed E-state index contributed by atoms with van der Waals surface area (Å²) in [4.78, 5) is 3.37. The Bertz CT molecular complexity index is 789. The number of hydrogen-bond donors (Lipinski definition) is 1. The van der Waals surface area contributed by atoms with Crippen molar-refractivity contribution < 1.29 is 8.42 Å². The molecule has 1 unspecified atom stereocenters. The second-order valence-corrected chi connectivity index (χ2v) is 7.68. The number of hydrogen-bond acceptors (Lipinski definition) is 5. The summed E-state index contributed by atoms with van der Waals surface area (Å²) in [5.74, 6) is 0. The van der Waals surface area contributed by atoms with Crippen LogP contribution in [0.5, 0.6) is 0 Å². The molecule has 22 heavy (non-hydrogen) atoms. The monoisotopic (exact) mass is 335 g/mol. The standard InChI is InChI=1S/C15H17N3O2S2/c1-11(13-3-5-15(6-4-13)22(17,19)20)18(2)9-14-7-12(8-16)10-21-14/h3-7,10-11H,9H2,1-2H3,(H2,17,19,20). The average molecular weight is 335 g/mol. The Hall–Kier alpha value is -1.72.